The van der Waals surface area contributed by atoms with Gasteiger partial charge in [-0.1, -0.05) is 31.4 Å². The van der Waals surface area contributed by atoms with Crippen molar-refractivity contribution in [2.75, 3.05) is 26.2 Å². The van der Waals surface area contributed by atoms with Gasteiger partial charge in [-0.3, -0.25) is 14.9 Å². The third-order valence-corrected chi connectivity index (χ3v) is 7.41. The smallest absolute Gasteiger partial charge is 0.289 e. The number of nitro benzene ring substituents is 1. The van der Waals surface area contributed by atoms with E-state index in [1.54, 1.807) is 4.90 Å². The number of nitrogens with zero attached hydrogens (tertiary/aromatic N) is 3. The number of hydrogen-bond donors (Lipinski definition) is 0. The van der Waals surface area contributed by atoms with Crippen LogP contribution in [-0.2, 0) is 14.8 Å². The molecule has 9 heteroatoms. The fourth-order valence-electron chi connectivity index (χ4n) is 3.91. The summed E-state index contributed by atoms with van der Waals surface area (Å²) in [7, 11) is -3.96. The Bertz CT molecular complexity index is 797. The monoisotopic (exact) mass is 395 g/mol. The van der Waals surface area contributed by atoms with Crippen molar-refractivity contribution in [3.63, 3.8) is 0 Å². The maximum absolute atomic E-state index is 12.8. The van der Waals surface area contributed by atoms with Crippen LogP contribution in [0.5, 0.6) is 0 Å². The molecule has 27 heavy (non-hydrogen) atoms. The van der Waals surface area contributed by atoms with Crippen LogP contribution in [0.2, 0.25) is 0 Å². The van der Waals surface area contributed by atoms with Crippen LogP contribution in [0.3, 0.4) is 0 Å². The van der Waals surface area contributed by atoms with E-state index in [1.807, 2.05) is 0 Å². The van der Waals surface area contributed by atoms with Gasteiger partial charge in [-0.15, -0.1) is 0 Å². The second-order valence-electron chi connectivity index (χ2n) is 7.22. The number of nitro groups is 1. The van der Waals surface area contributed by atoms with E-state index in [-0.39, 0.29) is 23.9 Å². The summed E-state index contributed by atoms with van der Waals surface area (Å²) in [6, 6.07) is 5.37. The first kappa shape index (κ1) is 19.8. The highest BCUT2D eigenvalue weighted by Gasteiger charge is 2.34. The van der Waals surface area contributed by atoms with Crippen LogP contribution >= 0.6 is 0 Å². The van der Waals surface area contributed by atoms with Gasteiger partial charge in [0.25, 0.3) is 5.69 Å². The zero-order valence-electron chi connectivity index (χ0n) is 15.2. The van der Waals surface area contributed by atoms with Crippen molar-refractivity contribution in [3.05, 3.63) is 34.4 Å². The zero-order chi connectivity index (χ0) is 19.4. The lowest BCUT2D eigenvalue weighted by Gasteiger charge is -2.35. The third kappa shape index (κ3) is 4.47. The first-order valence-electron chi connectivity index (χ1n) is 9.41. The minimum absolute atomic E-state index is 0.0876. The third-order valence-electron chi connectivity index (χ3n) is 5.46. The molecule has 0 spiro atoms. The standard InChI is InChI=1S/C18H25N3O5S/c22-18(14-15-6-2-1-3-7-15)19-10-12-20(13-11-19)27(25,26)17-9-5-4-8-16(17)21(23)24/h4-5,8-9,15H,1-3,6-7,10-14H2. The van der Waals surface area contributed by atoms with Crippen molar-refractivity contribution in [2.45, 2.75) is 43.4 Å². The Hall–Kier alpha value is -2.00. The van der Waals surface area contributed by atoms with E-state index < -0.39 is 20.6 Å². The van der Waals surface area contributed by atoms with Crippen LogP contribution in [-0.4, -0.2) is 54.6 Å². The summed E-state index contributed by atoms with van der Waals surface area (Å²) in [4.78, 5) is 24.4. The quantitative estimate of drug-likeness (QED) is 0.563. The molecule has 0 unspecified atom stereocenters. The van der Waals surface area contributed by atoms with E-state index in [4.69, 9.17) is 0 Å². The lowest BCUT2D eigenvalue weighted by Crippen LogP contribution is -2.50. The molecule has 0 radical (unpaired) electrons. The zero-order valence-corrected chi connectivity index (χ0v) is 16.1. The molecule has 2 fully saturated rings. The number of amides is 1. The predicted molar refractivity (Wildman–Crippen MR) is 99.6 cm³/mol. The molecule has 1 saturated carbocycles. The fraction of sp³-hybridized carbons (Fsp3) is 0.611. The van der Waals surface area contributed by atoms with Gasteiger partial charge < -0.3 is 4.90 Å². The molecule has 1 aliphatic heterocycles. The van der Waals surface area contributed by atoms with E-state index in [9.17, 15) is 23.3 Å². The second-order valence-corrected chi connectivity index (χ2v) is 9.12. The van der Waals surface area contributed by atoms with Crippen LogP contribution in [0.25, 0.3) is 0 Å². The van der Waals surface area contributed by atoms with Gasteiger partial charge in [0.05, 0.1) is 4.92 Å². The highest BCUT2D eigenvalue weighted by atomic mass is 32.2. The Balaban J connectivity index is 1.63. The van der Waals surface area contributed by atoms with Gasteiger partial charge in [-0.05, 0) is 24.8 Å². The topological polar surface area (TPSA) is 101 Å². The lowest BCUT2D eigenvalue weighted by molar-refractivity contribution is -0.387. The molecule has 0 atom stereocenters. The summed E-state index contributed by atoms with van der Waals surface area (Å²) < 4.78 is 26.9. The van der Waals surface area contributed by atoms with Crippen LogP contribution in [0.4, 0.5) is 5.69 Å². The van der Waals surface area contributed by atoms with Crippen molar-refractivity contribution in [2.24, 2.45) is 5.92 Å². The minimum atomic E-state index is -3.96. The molecule has 1 aromatic rings. The van der Waals surface area contributed by atoms with Crippen molar-refractivity contribution < 1.29 is 18.1 Å². The van der Waals surface area contributed by atoms with E-state index in [0.29, 0.717) is 25.4 Å². The summed E-state index contributed by atoms with van der Waals surface area (Å²) in [5.74, 6) is 0.532. The van der Waals surface area contributed by atoms with E-state index in [1.165, 1.54) is 47.8 Å². The number of hydrogen-bond acceptors (Lipinski definition) is 5. The highest BCUT2D eigenvalue weighted by Crippen LogP contribution is 2.29. The Kier molecular flexibility index (Phi) is 6.11. The predicted octanol–water partition coefficient (Wildman–Crippen LogP) is 2.40. The Labute approximate surface area is 159 Å². The molecule has 3 rings (SSSR count). The maximum Gasteiger partial charge on any atom is 0.289 e. The van der Waals surface area contributed by atoms with Gasteiger partial charge in [-0.25, -0.2) is 8.42 Å². The summed E-state index contributed by atoms with van der Waals surface area (Å²) in [6.07, 6.45) is 6.33. The van der Waals surface area contributed by atoms with Crippen LogP contribution in [0.15, 0.2) is 29.2 Å². The second kappa shape index (κ2) is 8.35. The SMILES string of the molecule is O=C(CC1CCCCC1)N1CCN(S(=O)(=O)c2ccccc2[N+](=O)[O-])CC1. The number of para-hydroxylation sites is 1. The summed E-state index contributed by atoms with van der Waals surface area (Å²) in [5.41, 5.74) is -0.423. The Morgan fingerprint density at radius 3 is 2.33 bits per heavy atom. The highest BCUT2D eigenvalue weighted by molar-refractivity contribution is 7.89. The first-order chi connectivity index (χ1) is 12.9. The summed E-state index contributed by atoms with van der Waals surface area (Å²) in [5, 5.41) is 11.2. The van der Waals surface area contributed by atoms with Crippen molar-refractivity contribution >= 4 is 21.6 Å². The van der Waals surface area contributed by atoms with Gasteiger partial charge in [0.2, 0.25) is 15.9 Å². The molecule has 1 aromatic carbocycles. The van der Waals surface area contributed by atoms with E-state index in [2.05, 4.69) is 0 Å². The van der Waals surface area contributed by atoms with Crippen molar-refractivity contribution in [3.8, 4) is 0 Å². The van der Waals surface area contributed by atoms with Crippen LogP contribution in [0.1, 0.15) is 38.5 Å². The molecule has 2 aliphatic rings. The number of rotatable bonds is 5. The molecule has 1 aliphatic carbocycles. The molecule has 1 amide bonds. The van der Waals surface area contributed by atoms with Crippen LogP contribution in [0, 0.1) is 16.0 Å². The van der Waals surface area contributed by atoms with Gasteiger partial charge >= 0.3 is 0 Å². The molecule has 0 N–H and O–H groups in total. The molecule has 0 aromatic heterocycles. The van der Waals surface area contributed by atoms with E-state index in [0.717, 1.165) is 12.8 Å². The van der Waals surface area contributed by atoms with Gasteiger partial charge in [0.15, 0.2) is 4.90 Å². The molecule has 1 saturated heterocycles. The molecule has 0 bridgehead atoms. The number of sulfonamides is 1. The summed E-state index contributed by atoms with van der Waals surface area (Å²) >= 11 is 0. The van der Waals surface area contributed by atoms with Gasteiger partial charge in [-0.2, -0.15) is 4.31 Å². The van der Waals surface area contributed by atoms with E-state index >= 15 is 0 Å². The summed E-state index contributed by atoms with van der Waals surface area (Å²) in [6.45, 7) is 0.965. The first-order valence-corrected chi connectivity index (χ1v) is 10.8. The average Bonchev–Trinajstić information content (AvgIpc) is 2.69. The lowest BCUT2D eigenvalue weighted by atomic mass is 9.86. The number of carbonyl (C=O) groups is 1. The Morgan fingerprint density at radius 1 is 1.07 bits per heavy atom. The van der Waals surface area contributed by atoms with Gasteiger partial charge in [0.1, 0.15) is 0 Å². The molecule has 148 valence electrons. The normalized spacial score (nSPS) is 19.8. The molecule has 1 heterocycles. The maximum atomic E-state index is 12.8. The molecule has 8 nitrogen and oxygen atoms in total. The number of piperazine rings is 1. The minimum Gasteiger partial charge on any atom is -0.340 e. The van der Waals surface area contributed by atoms with Crippen LogP contribution < -0.4 is 0 Å². The average molecular weight is 395 g/mol. The number of carbonyl (C=O) groups excluding carboxylic acids is 1. The number of benzene rings is 1. The van der Waals surface area contributed by atoms with Gasteiger partial charge in [0, 0.05) is 38.7 Å². The Morgan fingerprint density at radius 2 is 1.70 bits per heavy atom. The van der Waals surface area contributed by atoms with Crippen molar-refractivity contribution in [1.82, 2.24) is 9.21 Å². The largest absolute Gasteiger partial charge is 0.340 e. The van der Waals surface area contributed by atoms with Crippen molar-refractivity contribution in [1.29, 1.82) is 0 Å². The fourth-order valence-corrected chi connectivity index (χ4v) is 5.49. The molecular weight excluding hydrogens is 370 g/mol. The molecular formula is C18H25N3O5S.